The van der Waals surface area contributed by atoms with E-state index in [-0.39, 0.29) is 0 Å². The molecule has 0 unspecified atom stereocenters. The van der Waals surface area contributed by atoms with Crippen molar-refractivity contribution in [2.75, 3.05) is 5.73 Å². The maximum absolute atomic E-state index is 6.05. The lowest BCUT2D eigenvalue weighted by Crippen LogP contribution is -1.86. The van der Waals surface area contributed by atoms with Gasteiger partial charge in [-0.25, -0.2) is 0 Å². The molecule has 0 radical (unpaired) electrons. The molecule has 2 N–H and O–H groups in total. The highest BCUT2D eigenvalue weighted by Crippen LogP contribution is 2.41. The van der Waals surface area contributed by atoms with E-state index in [4.69, 9.17) is 21.9 Å². The number of hydrogen-bond acceptors (Lipinski definition) is 4. The Morgan fingerprint density at radius 2 is 2.15 bits per heavy atom. The Hall–Kier alpha value is -1.30. The monoisotopic (exact) mass is 368 g/mol. The van der Waals surface area contributed by atoms with E-state index in [9.17, 15) is 0 Å². The van der Waals surface area contributed by atoms with Gasteiger partial charge in [0, 0.05) is 5.02 Å². The Balaban J connectivity index is 2.19. The molecule has 0 saturated heterocycles. The first-order valence-electron chi connectivity index (χ1n) is 5.83. The smallest absolute Gasteiger partial charge is 0.230 e. The largest absolute Gasteiger partial charge is 0.367 e. The van der Waals surface area contributed by atoms with Gasteiger partial charge < -0.3 is 10.3 Å². The molecule has 3 aromatic rings. The highest BCUT2D eigenvalue weighted by Gasteiger charge is 2.19. The van der Waals surface area contributed by atoms with Crippen LogP contribution in [0, 0.1) is 6.92 Å². The zero-order valence-corrected chi connectivity index (χ0v) is 13.6. The van der Waals surface area contributed by atoms with Gasteiger partial charge in [0.1, 0.15) is 5.69 Å². The molecule has 0 bridgehead atoms. The standard InChI is InChI=1S/C14H10BrClN2OS/c1-7-5-10(20-13(7)15)12-11(14(17)19-18-12)8-3-2-4-9(16)6-8/h2-6H,17H2,1H3. The zero-order valence-electron chi connectivity index (χ0n) is 10.5. The van der Waals surface area contributed by atoms with E-state index in [0.29, 0.717) is 10.9 Å². The predicted octanol–water partition coefficient (Wildman–Crippen LogP) is 5.38. The number of nitrogens with zero attached hydrogens (tertiary/aromatic N) is 1. The van der Waals surface area contributed by atoms with Crippen LogP contribution in [0.3, 0.4) is 0 Å². The summed E-state index contributed by atoms with van der Waals surface area (Å²) in [5.41, 5.74) is 9.50. The van der Waals surface area contributed by atoms with Crippen molar-refractivity contribution in [2.45, 2.75) is 6.92 Å². The summed E-state index contributed by atoms with van der Waals surface area (Å²) >= 11 is 11.2. The van der Waals surface area contributed by atoms with Crippen LogP contribution >= 0.6 is 38.9 Å². The quantitative estimate of drug-likeness (QED) is 0.660. The third-order valence-electron chi connectivity index (χ3n) is 2.92. The van der Waals surface area contributed by atoms with E-state index in [0.717, 1.165) is 31.0 Å². The zero-order chi connectivity index (χ0) is 14.3. The van der Waals surface area contributed by atoms with Crippen LogP contribution in [0.25, 0.3) is 21.7 Å². The van der Waals surface area contributed by atoms with Gasteiger partial charge >= 0.3 is 0 Å². The van der Waals surface area contributed by atoms with E-state index in [2.05, 4.69) is 27.2 Å². The maximum Gasteiger partial charge on any atom is 0.230 e. The minimum atomic E-state index is 0.296. The molecule has 0 spiro atoms. The molecule has 0 aliphatic carbocycles. The molecule has 2 aromatic heterocycles. The van der Waals surface area contributed by atoms with Crippen LogP contribution in [0.15, 0.2) is 38.6 Å². The fourth-order valence-corrected chi connectivity index (χ4v) is 3.68. The normalized spacial score (nSPS) is 10.9. The SMILES string of the molecule is Cc1cc(-c2noc(N)c2-c2cccc(Cl)c2)sc1Br. The summed E-state index contributed by atoms with van der Waals surface area (Å²) in [6, 6.07) is 9.54. The van der Waals surface area contributed by atoms with Crippen LogP contribution in [0.4, 0.5) is 5.88 Å². The molecular formula is C14H10BrClN2OS. The molecule has 6 heteroatoms. The molecule has 102 valence electrons. The number of aryl methyl sites for hydroxylation is 1. The molecule has 3 nitrogen and oxygen atoms in total. The highest BCUT2D eigenvalue weighted by atomic mass is 79.9. The molecule has 0 saturated carbocycles. The number of nitrogen functional groups attached to an aromatic ring is 1. The van der Waals surface area contributed by atoms with E-state index in [1.54, 1.807) is 11.3 Å². The first-order chi connectivity index (χ1) is 9.56. The minimum Gasteiger partial charge on any atom is -0.367 e. The lowest BCUT2D eigenvalue weighted by molar-refractivity contribution is 0.439. The molecule has 2 heterocycles. The van der Waals surface area contributed by atoms with Gasteiger partial charge in [0.2, 0.25) is 5.88 Å². The van der Waals surface area contributed by atoms with E-state index in [1.165, 1.54) is 0 Å². The molecular weight excluding hydrogens is 360 g/mol. The molecule has 20 heavy (non-hydrogen) atoms. The van der Waals surface area contributed by atoms with Gasteiger partial charge in [-0.15, -0.1) is 11.3 Å². The number of rotatable bonds is 2. The fraction of sp³-hybridized carbons (Fsp3) is 0.0714. The summed E-state index contributed by atoms with van der Waals surface area (Å²) in [7, 11) is 0. The molecule has 0 fully saturated rings. The minimum absolute atomic E-state index is 0.296. The van der Waals surface area contributed by atoms with Crippen molar-refractivity contribution in [1.82, 2.24) is 5.16 Å². The number of aromatic nitrogens is 1. The Kier molecular flexibility index (Phi) is 3.58. The fourth-order valence-electron chi connectivity index (χ4n) is 1.97. The molecule has 0 aliphatic rings. The third kappa shape index (κ3) is 2.37. The number of thiophene rings is 1. The van der Waals surface area contributed by atoms with Crippen molar-refractivity contribution in [3.8, 4) is 21.7 Å². The number of hydrogen-bond donors (Lipinski definition) is 1. The van der Waals surface area contributed by atoms with Crippen molar-refractivity contribution in [3.05, 3.63) is 44.7 Å². The summed E-state index contributed by atoms with van der Waals surface area (Å²) in [5.74, 6) is 0.296. The van der Waals surface area contributed by atoms with E-state index in [1.807, 2.05) is 31.2 Å². The predicted molar refractivity (Wildman–Crippen MR) is 87.1 cm³/mol. The number of halogens is 2. The van der Waals surface area contributed by atoms with Crippen molar-refractivity contribution in [2.24, 2.45) is 0 Å². The van der Waals surface area contributed by atoms with Crippen LogP contribution in [0.5, 0.6) is 0 Å². The highest BCUT2D eigenvalue weighted by molar-refractivity contribution is 9.11. The average molecular weight is 370 g/mol. The van der Waals surface area contributed by atoms with Crippen LogP contribution in [0.2, 0.25) is 5.02 Å². The van der Waals surface area contributed by atoms with Gasteiger partial charge in [-0.05, 0) is 52.2 Å². The first kappa shape index (κ1) is 13.7. The van der Waals surface area contributed by atoms with Gasteiger partial charge in [-0.3, -0.25) is 0 Å². The summed E-state index contributed by atoms with van der Waals surface area (Å²) in [5, 5.41) is 4.74. The van der Waals surface area contributed by atoms with Gasteiger partial charge in [0.15, 0.2) is 0 Å². The van der Waals surface area contributed by atoms with Crippen LogP contribution < -0.4 is 5.73 Å². The van der Waals surface area contributed by atoms with E-state index < -0.39 is 0 Å². The number of anilines is 1. The lowest BCUT2D eigenvalue weighted by atomic mass is 10.0. The molecule has 1 aromatic carbocycles. The average Bonchev–Trinajstić information content (AvgIpc) is 2.93. The summed E-state index contributed by atoms with van der Waals surface area (Å²) in [4.78, 5) is 1.00. The van der Waals surface area contributed by atoms with Crippen LogP contribution in [-0.2, 0) is 0 Å². The van der Waals surface area contributed by atoms with Crippen molar-refractivity contribution in [1.29, 1.82) is 0 Å². The van der Waals surface area contributed by atoms with Crippen LogP contribution in [0.1, 0.15) is 5.56 Å². The number of nitrogens with two attached hydrogens (primary N) is 1. The van der Waals surface area contributed by atoms with Gasteiger partial charge in [0.25, 0.3) is 0 Å². The first-order valence-corrected chi connectivity index (χ1v) is 7.82. The van der Waals surface area contributed by atoms with Crippen molar-refractivity contribution < 1.29 is 4.52 Å². The van der Waals surface area contributed by atoms with Gasteiger partial charge in [0.05, 0.1) is 14.2 Å². The Morgan fingerprint density at radius 1 is 1.35 bits per heavy atom. The Morgan fingerprint density at radius 3 is 2.80 bits per heavy atom. The number of benzene rings is 1. The maximum atomic E-state index is 6.05. The molecule has 3 rings (SSSR count). The Labute approximate surface area is 133 Å². The second kappa shape index (κ2) is 5.24. The molecule has 0 atom stereocenters. The van der Waals surface area contributed by atoms with Gasteiger partial charge in [-0.2, -0.15) is 0 Å². The third-order valence-corrected chi connectivity index (χ3v) is 5.30. The topological polar surface area (TPSA) is 52.0 Å². The van der Waals surface area contributed by atoms with Crippen molar-refractivity contribution >= 4 is 44.8 Å². The van der Waals surface area contributed by atoms with Crippen molar-refractivity contribution in [3.63, 3.8) is 0 Å². The second-order valence-corrected chi connectivity index (χ2v) is 7.15. The van der Waals surface area contributed by atoms with Gasteiger partial charge in [-0.1, -0.05) is 28.9 Å². The molecule has 0 amide bonds. The summed E-state index contributed by atoms with van der Waals surface area (Å²) in [6.07, 6.45) is 0. The lowest BCUT2D eigenvalue weighted by Gasteiger charge is -2.01. The Bertz CT molecular complexity index is 762. The van der Waals surface area contributed by atoms with E-state index >= 15 is 0 Å². The summed E-state index contributed by atoms with van der Waals surface area (Å²) in [6.45, 7) is 2.03. The van der Waals surface area contributed by atoms with Crippen LogP contribution in [-0.4, -0.2) is 5.16 Å². The molecule has 0 aliphatic heterocycles. The second-order valence-electron chi connectivity index (χ2n) is 4.35. The summed E-state index contributed by atoms with van der Waals surface area (Å²) < 4.78 is 6.24.